The fourth-order valence-corrected chi connectivity index (χ4v) is 5.53. The van der Waals surface area contributed by atoms with Crippen molar-refractivity contribution in [2.24, 2.45) is 43.3 Å². The highest BCUT2D eigenvalue weighted by Crippen LogP contribution is 2.43. The van der Waals surface area contributed by atoms with Gasteiger partial charge in [-0.15, -0.1) is 0 Å². The lowest BCUT2D eigenvalue weighted by molar-refractivity contribution is -0.181. The number of aliphatic hydroxyl groups is 1. The van der Waals surface area contributed by atoms with Gasteiger partial charge >= 0.3 is 53.7 Å². The van der Waals surface area contributed by atoms with E-state index >= 15 is 0 Å². The summed E-state index contributed by atoms with van der Waals surface area (Å²) in [5, 5.41) is 26.4. The Balaban J connectivity index is -0.000000304. The van der Waals surface area contributed by atoms with E-state index in [0.717, 1.165) is 24.8 Å². The molecule has 0 aliphatic carbocycles. The van der Waals surface area contributed by atoms with Crippen LogP contribution in [-0.4, -0.2) is 130 Å². The molecule has 0 spiro atoms. The van der Waals surface area contributed by atoms with Gasteiger partial charge in [-0.1, -0.05) is 98.0 Å². The molecule has 3 atom stereocenters. The number of benzene rings is 1. The first-order chi connectivity index (χ1) is 39.3. The Morgan fingerprint density at radius 1 is 0.558 bits per heavy atom. The van der Waals surface area contributed by atoms with Crippen molar-refractivity contribution in [2.45, 2.75) is 209 Å². The number of carboxylic acids is 2. The largest absolute Gasteiger partial charge is 0.481 e. The van der Waals surface area contributed by atoms with E-state index < -0.39 is 51.1 Å². The Hall–Kier alpha value is -6.15. The summed E-state index contributed by atoms with van der Waals surface area (Å²) < 4.78 is 39.4. The van der Waals surface area contributed by atoms with Crippen molar-refractivity contribution in [3.63, 3.8) is 0 Å². The summed E-state index contributed by atoms with van der Waals surface area (Å²) >= 11 is 0. The highest BCUT2D eigenvalue weighted by Gasteiger charge is 2.52. The Bertz CT molecular complexity index is 2200. The standard InChI is InChI=1S/C13H22O5.C13H18O2.C12H20O5.C9H16O2.C7H14O2.2C6H12O2/c1-6-13(4,5)12(16)18-8-10(14)7-17-11(15)9(2)3;1-4-13(2,3)12(14)15-10-11-8-6-5-7-9-11;1-5-12(10(14)16-4)6-11(2,7-17-8-12)9(13)15-3;1-5-7-11-8(10)9(3,4)6-2;1-5-7(2,3)6(8)9-4;2*1-4-6(2,3)5(7)8/h10,14H,2,6-8H2,1,3-5H3;5-9H,4,10H2,1-3H3;5-8H2,1-4H3;5H,1,6-7H2,2-4H3;5H2,1-4H3;2*4H2,1-3H3,(H,7,8). The maximum Gasteiger partial charge on any atom is 0.333 e. The monoisotopic (exact) mass is 1230 g/mol. The predicted molar refractivity (Wildman–Crippen MR) is 332 cm³/mol. The molecule has 0 saturated carbocycles. The van der Waals surface area contributed by atoms with E-state index in [1.165, 1.54) is 28.3 Å². The number of ether oxygens (including phenoxy) is 8. The summed E-state index contributed by atoms with van der Waals surface area (Å²) in [5.74, 6) is -3.49. The Morgan fingerprint density at radius 3 is 1.24 bits per heavy atom. The average molecular weight is 1230 g/mol. The minimum absolute atomic E-state index is 0.131. The molecule has 20 nitrogen and oxygen atoms in total. The third-order valence-corrected chi connectivity index (χ3v) is 15.1. The lowest BCUT2D eigenvalue weighted by Gasteiger charge is -2.42. The van der Waals surface area contributed by atoms with Gasteiger partial charge in [0.15, 0.2) is 0 Å². The van der Waals surface area contributed by atoms with Crippen molar-refractivity contribution in [1.82, 2.24) is 0 Å². The van der Waals surface area contributed by atoms with Crippen molar-refractivity contribution in [3.05, 3.63) is 60.7 Å². The minimum Gasteiger partial charge on any atom is -0.481 e. The van der Waals surface area contributed by atoms with Crippen LogP contribution in [0.4, 0.5) is 0 Å². The summed E-state index contributed by atoms with van der Waals surface area (Å²) in [5.41, 5.74) is -2.95. The second kappa shape index (κ2) is 42.7. The van der Waals surface area contributed by atoms with E-state index in [1.54, 1.807) is 54.5 Å². The third-order valence-electron chi connectivity index (χ3n) is 15.1. The Morgan fingerprint density at radius 2 is 0.930 bits per heavy atom. The quantitative estimate of drug-likeness (QED) is 0.0375. The van der Waals surface area contributed by atoms with Crippen molar-refractivity contribution < 1.29 is 96.4 Å². The average Bonchev–Trinajstić information content (AvgIpc) is 1.91. The number of methoxy groups -OCH3 is 3. The van der Waals surface area contributed by atoms with Crippen LogP contribution in [0.25, 0.3) is 0 Å². The van der Waals surface area contributed by atoms with Gasteiger partial charge in [0.2, 0.25) is 0 Å². The molecule has 498 valence electrons. The number of aliphatic hydroxyl groups excluding tert-OH is 1. The van der Waals surface area contributed by atoms with Gasteiger partial charge in [-0.2, -0.15) is 0 Å². The normalized spacial score (nSPS) is 15.8. The van der Waals surface area contributed by atoms with Gasteiger partial charge < -0.3 is 53.2 Å². The van der Waals surface area contributed by atoms with Gasteiger partial charge in [0, 0.05) is 5.57 Å². The highest BCUT2D eigenvalue weighted by molar-refractivity contribution is 5.87. The zero-order chi connectivity index (χ0) is 68.7. The van der Waals surface area contributed by atoms with E-state index in [0.29, 0.717) is 51.9 Å². The molecule has 3 unspecified atom stereocenters. The Labute approximate surface area is 516 Å². The number of rotatable bonds is 24. The first kappa shape index (κ1) is 88.6. The molecule has 1 aliphatic rings. The summed E-state index contributed by atoms with van der Waals surface area (Å²) in [6, 6.07) is 9.72. The summed E-state index contributed by atoms with van der Waals surface area (Å²) in [6.07, 6.45) is 5.94. The van der Waals surface area contributed by atoms with Crippen molar-refractivity contribution in [3.8, 4) is 0 Å². The van der Waals surface area contributed by atoms with E-state index in [1.807, 2.05) is 120 Å². The van der Waals surface area contributed by atoms with Gasteiger partial charge in [0.25, 0.3) is 0 Å². The maximum atomic E-state index is 11.9. The number of carboxylic acid groups (broad SMARTS) is 2. The molecule has 0 bridgehead atoms. The summed E-state index contributed by atoms with van der Waals surface area (Å²) in [4.78, 5) is 100. The Kier molecular flexibility index (Phi) is 43.9. The van der Waals surface area contributed by atoms with Crippen LogP contribution in [0.15, 0.2) is 55.1 Å². The fraction of sp³-hybridized carbons (Fsp3) is 0.712. The number of aliphatic carboxylic acids is 2. The van der Waals surface area contributed by atoms with Crippen LogP contribution in [0.5, 0.6) is 0 Å². The highest BCUT2D eigenvalue weighted by atomic mass is 16.6. The van der Waals surface area contributed by atoms with Crippen LogP contribution < -0.4 is 0 Å². The predicted octanol–water partition coefficient (Wildman–Crippen LogP) is 12.5. The van der Waals surface area contributed by atoms with E-state index in [-0.39, 0.29) is 77.5 Å². The summed E-state index contributed by atoms with van der Waals surface area (Å²) in [7, 11) is 4.11. The van der Waals surface area contributed by atoms with Crippen LogP contribution in [0.3, 0.4) is 0 Å². The van der Waals surface area contributed by atoms with Crippen molar-refractivity contribution in [1.29, 1.82) is 0 Å². The SMILES string of the molecule is C=C(C)C(=O)OCC(O)COC(=O)C(C)(C)CC.C=CCOC(=O)C(C)(C)CC.CCC(C)(C)C(=O)O.CCC(C)(C)C(=O)O.CCC(C)(C)C(=O)OC.CCC(C)(C)C(=O)OCc1ccccc1.CCC1(C(=O)OC)COCC(C)(C(=O)OC)C1. The zero-order valence-corrected chi connectivity index (χ0v) is 57.1. The second-order valence-corrected chi connectivity index (χ2v) is 25.0. The molecule has 3 N–H and O–H groups in total. The number of carbonyl (C=O) groups excluding carboxylic acids is 7. The first-order valence-corrected chi connectivity index (χ1v) is 29.3. The molecule has 1 aromatic rings. The van der Waals surface area contributed by atoms with Crippen LogP contribution in [0.1, 0.15) is 202 Å². The molecule has 20 heteroatoms. The van der Waals surface area contributed by atoms with Crippen LogP contribution in [0.2, 0.25) is 0 Å². The van der Waals surface area contributed by atoms with E-state index in [9.17, 15) is 48.3 Å². The molecule has 1 aromatic carbocycles. The van der Waals surface area contributed by atoms with Gasteiger partial charge in [-0.25, -0.2) is 4.79 Å². The van der Waals surface area contributed by atoms with Gasteiger partial charge in [0.1, 0.15) is 32.5 Å². The van der Waals surface area contributed by atoms with Crippen LogP contribution in [-0.2, 0) is 87.7 Å². The fourth-order valence-electron chi connectivity index (χ4n) is 5.53. The molecule has 0 aromatic heterocycles. The topological polar surface area (TPSA) is 288 Å². The molecule has 1 heterocycles. The van der Waals surface area contributed by atoms with Gasteiger partial charge in [-0.05, 0) is 154 Å². The van der Waals surface area contributed by atoms with Crippen LogP contribution in [0, 0.1) is 43.3 Å². The zero-order valence-electron chi connectivity index (χ0n) is 57.1. The first-order valence-electron chi connectivity index (χ1n) is 29.3. The van der Waals surface area contributed by atoms with E-state index in [4.69, 9.17) is 43.4 Å². The lowest BCUT2D eigenvalue weighted by Crippen LogP contribution is -2.50. The number of carbonyl (C=O) groups is 9. The maximum absolute atomic E-state index is 11.9. The van der Waals surface area contributed by atoms with Crippen molar-refractivity contribution in [2.75, 3.05) is 54.4 Å². The molecule has 1 fully saturated rings. The molecule has 2 rings (SSSR count). The lowest BCUT2D eigenvalue weighted by atomic mass is 9.69. The molecule has 86 heavy (non-hydrogen) atoms. The van der Waals surface area contributed by atoms with Gasteiger partial charge in [-0.3, -0.25) is 38.4 Å². The molecule has 0 radical (unpaired) electrons. The number of hydrogen-bond acceptors (Lipinski definition) is 18. The third kappa shape index (κ3) is 35.5. The smallest absolute Gasteiger partial charge is 0.333 e. The second-order valence-electron chi connectivity index (χ2n) is 25.0. The number of esters is 7. The van der Waals surface area contributed by atoms with E-state index in [2.05, 4.69) is 17.9 Å². The van der Waals surface area contributed by atoms with Gasteiger partial charge in [0.05, 0.1) is 77.9 Å². The minimum atomic E-state index is -1.02. The number of hydrogen-bond donors (Lipinski definition) is 3. The van der Waals surface area contributed by atoms with Crippen molar-refractivity contribution >= 4 is 53.7 Å². The van der Waals surface area contributed by atoms with Crippen LogP contribution >= 0.6 is 0 Å². The molecular weight excluding hydrogens is 1110 g/mol. The molecule has 1 aliphatic heterocycles. The molecule has 1 saturated heterocycles. The molecular formula is C66H114O20. The molecule has 0 amide bonds. The summed E-state index contributed by atoms with van der Waals surface area (Å²) in [6.45, 7) is 46.1.